The van der Waals surface area contributed by atoms with Crippen LogP contribution < -0.4 is 5.32 Å². The van der Waals surface area contributed by atoms with Crippen molar-refractivity contribution in [3.05, 3.63) is 70.7 Å². The van der Waals surface area contributed by atoms with E-state index in [9.17, 15) is 14.7 Å². The van der Waals surface area contributed by atoms with Gasteiger partial charge in [-0.25, -0.2) is 9.59 Å². The summed E-state index contributed by atoms with van der Waals surface area (Å²) >= 11 is 3.32. The highest BCUT2D eigenvalue weighted by atomic mass is 79.9. The van der Waals surface area contributed by atoms with E-state index in [1.54, 1.807) is 50.2 Å². The van der Waals surface area contributed by atoms with E-state index >= 15 is 0 Å². The fourth-order valence-corrected chi connectivity index (χ4v) is 2.72. The molecule has 2 aromatic carbocycles. The number of phenolic OH excluding ortho intramolecular Hbond substituents is 1. The predicted molar refractivity (Wildman–Crippen MR) is 106 cm³/mol. The molecule has 1 atom stereocenters. The number of benzene rings is 2. The van der Waals surface area contributed by atoms with Crippen LogP contribution in [0.1, 0.15) is 25.5 Å². The van der Waals surface area contributed by atoms with Crippen LogP contribution in [-0.2, 0) is 9.53 Å². The number of anilines is 1. The van der Waals surface area contributed by atoms with Crippen LogP contribution in [0.15, 0.2) is 65.2 Å². The number of phenols is 1. The van der Waals surface area contributed by atoms with Gasteiger partial charge in [0.2, 0.25) is 0 Å². The Morgan fingerprint density at radius 1 is 1.11 bits per heavy atom. The average Bonchev–Trinajstić information content (AvgIpc) is 2.61. The predicted octanol–water partition coefficient (Wildman–Crippen LogP) is 5.11. The van der Waals surface area contributed by atoms with Gasteiger partial charge in [-0.3, -0.25) is 5.32 Å². The molecule has 0 aliphatic rings. The molecule has 0 spiro atoms. The summed E-state index contributed by atoms with van der Waals surface area (Å²) in [5.41, 5.74) is 0.372. The van der Waals surface area contributed by atoms with E-state index in [1.807, 2.05) is 0 Å². The zero-order chi connectivity index (χ0) is 20.0. The maximum absolute atomic E-state index is 12.4. The molecule has 0 aliphatic carbocycles. The van der Waals surface area contributed by atoms with Crippen LogP contribution in [0.25, 0.3) is 0 Å². The Hall–Kier alpha value is -2.80. The van der Waals surface area contributed by atoms with Crippen molar-refractivity contribution in [2.24, 2.45) is 5.41 Å². The lowest BCUT2D eigenvalue weighted by Crippen LogP contribution is -2.27. The monoisotopic (exact) mass is 433 g/mol. The van der Waals surface area contributed by atoms with Crippen molar-refractivity contribution in [1.29, 1.82) is 0 Å². The largest absolute Gasteiger partial charge is 0.508 e. The van der Waals surface area contributed by atoms with Gasteiger partial charge in [-0.2, -0.15) is 0 Å². The number of aromatic hydroxyl groups is 1. The molecule has 142 valence electrons. The number of rotatable bonds is 6. The quantitative estimate of drug-likeness (QED) is 0.549. The Kier molecular flexibility index (Phi) is 6.63. The van der Waals surface area contributed by atoms with Gasteiger partial charge in [-0.05, 0) is 42.0 Å². The number of nitrogens with one attached hydrogen (secondary N) is 1. The molecule has 27 heavy (non-hydrogen) atoms. The van der Waals surface area contributed by atoms with Crippen molar-refractivity contribution in [1.82, 2.24) is 0 Å². The zero-order valence-corrected chi connectivity index (χ0v) is 16.4. The standard InChI is InChI=1S/C20H20BrNO5/c1-20(2,12-11-17(24)25)18(13-3-9-16(23)10-4-13)27-19(26)22-15-7-5-14(21)6-8-15/h3-12,18,23H,1-2H3,(H,22,26)(H,24,25)/b12-11+/t18-/m1/s1. The first-order chi connectivity index (χ1) is 12.7. The van der Waals surface area contributed by atoms with E-state index < -0.39 is 23.6 Å². The van der Waals surface area contributed by atoms with Gasteiger partial charge in [0.25, 0.3) is 0 Å². The van der Waals surface area contributed by atoms with E-state index in [4.69, 9.17) is 9.84 Å². The summed E-state index contributed by atoms with van der Waals surface area (Å²) in [6.07, 6.45) is 1.04. The van der Waals surface area contributed by atoms with E-state index in [0.717, 1.165) is 10.5 Å². The van der Waals surface area contributed by atoms with Crippen LogP contribution in [0.5, 0.6) is 5.75 Å². The highest BCUT2D eigenvalue weighted by Gasteiger charge is 2.32. The molecular weight excluding hydrogens is 414 g/mol. The summed E-state index contributed by atoms with van der Waals surface area (Å²) in [7, 11) is 0. The molecule has 3 N–H and O–H groups in total. The zero-order valence-electron chi connectivity index (χ0n) is 14.8. The number of carboxylic acids is 1. The molecule has 0 fully saturated rings. The molecule has 6 nitrogen and oxygen atoms in total. The van der Waals surface area contributed by atoms with E-state index in [1.165, 1.54) is 18.2 Å². The number of amides is 1. The Bertz CT molecular complexity index is 828. The first kappa shape index (κ1) is 20.5. The second-order valence-electron chi connectivity index (χ2n) is 6.50. The summed E-state index contributed by atoms with van der Waals surface area (Å²) in [4.78, 5) is 23.3. The Balaban J connectivity index is 2.25. The SMILES string of the molecule is CC(C)(/C=C/C(=O)O)[C@H](OC(=O)Nc1ccc(Br)cc1)c1ccc(O)cc1. The minimum atomic E-state index is -1.09. The van der Waals surface area contributed by atoms with Crippen molar-refractivity contribution in [3.63, 3.8) is 0 Å². The van der Waals surface area contributed by atoms with Crippen molar-refractivity contribution < 1.29 is 24.5 Å². The van der Waals surface area contributed by atoms with Crippen LogP contribution in [0.2, 0.25) is 0 Å². The Labute approximate surface area is 165 Å². The topological polar surface area (TPSA) is 95.9 Å². The molecule has 7 heteroatoms. The van der Waals surface area contributed by atoms with E-state index in [0.29, 0.717) is 11.3 Å². The van der Waals surface area contributed by atoms with Crippen molar-refractivity contribution in [2.45, 2.75) is 20.0 Å². The van der Waals surface area contributed by atoms with Crippen LogP contribution in [0.3, 0.4) is 0 Å². The molecule has 0 aromatic heterocycles. The smallest absolute Gasteiger partial charge is 0.412 e. The van der Waals surface area contributed by atoms with E-state index in [-0.39, 0.29) is 5.75 Å². The summed E-state index contributed by atoms with van der Waals surface area (Å²) in [6.45, 7) is 3.52. The van der Waals surface area contributed by atoms with Crippen LogP contribution in [0.4, 0.5) is 10.5 Å². The molecule has 0 saturated carbocycles. The first-order valence-corrected chi connectivity index (χ1v) is 8.91. The summed E-state index contributed by atoms with van der Waals surface area (Å²) in [5, 5.41) is 21.1. The molecule has 2 aromatic rings. The molecule has 0 aliphatic heterocycles. The number of carbonyl (C=O) groups is 2. The van der Waals surface area contributed by atoms with Crippen LogP contribution >= 0.6 is 15.9 Å². The maximum Gasteiger partial charge on any atom is 0.412 e. The molecule has 0 unspecified atom stereocenters. The number of halogens is 1. The Morgan fingerprint density at radius 2 is 1.70 bits per heavy atom. The lowest BCUT2D eigenvalue weighted by atomic mass is 9.82. The molecule has 0 heterocycles. The van der Waals surface area contributed by atoms with Gasteiger partial charge in [0, 0.05) is 21.7 Å². The molecule has 0 bridgehead atoms. The lowest BCUT2D eigenvalue weighted by Gasteiger charge is -2.31. The van der Waals surface area contributed by atoms with Gasteiger partial charge in [-0.1, -0.05) is 48.0 Å². The maximum atomic E-state index is 12.4. The summed E-state index contributed by atoms with van der Waals surface area (Å²) < 4.78 is 6.50. The van der Waals surface area contributed by atoms with E-state index in [2.05, 4.69) is 21.2 Å². The van der Waals surface area contributed by atoms with Crippen molar-refractivity contribution >= 4 is 33.7 Å². The highest BCUT2D eigenvalue weighted by Crippen LogP contribution is 2.38. The van der Waals surface area contributed by atoms with Gasteiger partial charge < -0.3 is 14.9 Å². The van der Waals surface area contributed by atoms with Gasteiger partial charge >= 0.3 is 12.1 Å². The van der Waals surface area contributed by atoms with Crippen molar-refractivity contribution in [3.8, 4) is 5.75 Å². The third-order valence-corrected chi connectivity index (χ3v) is 4.37. The number of hydrogen-bond acceptors (Lipinski definition) is 4. The number of hydrogen-bond donors (Lipinski definition) is 3. The fourth-order valence-electron chi connectivity index (χ4n) is 2.46. The molecule has 1 amide bonds. The highest BCUT2D eigenvalue weighted by molar-refractivity contribution is 9.10. The van der Waals surface area contributed by atoms with Gasteiger partial charge in [-0.15, -0.1) is 0 Å². The van der Waals surface area contributed by atoms with Crippen LogP contribution in [-0.4, -0.2) is 22.3 Å². The second-order valence-corrected chi connectivity index (χ2v) is 7.42. The minimum absolute atomic E-state index is 0.0794. The average molecular weight is 434 g/mol. The normalized spacial score (nSPS) is 12.6. The minimum Gasteiger partial charge on any atom is -0.508 e. The molecule has 2 rings (SSSR count). The first-order valence-electron chi connectivity index (χ1n) is 8.12. The van der Waals surface area contributed by atoms with Crippen LogP contribution in [0, 0.1) is 5.41 Å². The third kappa shape index (κ3) is 6.14. The number of aliphatic carboxylic acids is 1. The molecule has 0 radical (unpaired) electrons. The van der Waals surface area contributed by atoms with Gasteiger partial charge in [0.05, 0.1) is 0 Å². The second kappa shape index (κ2) is 8.73. The lowest BCUT2D eigenvalue weighted by molar-refractivity contribution is -0.131. The third-order valence-electron chi connectivity index (χ3n) is 3.84. The Morgan fingerprint density at radius 3 is 2.26 bits per heavy atom. The number of carbonyl (C=O) groups excluding carboxylic acids is 1. The summed E-state index contributed by atoms with van der Waals surface area (Å²) in [6, 6.07) is 13.2. The number of carboxylic acid groups (broad SMARTS) is 1. The fraction of sp³-hybridized carbons (Fsp3) is 0.200. The molecule has 0 saturated heterocycles. The van der Waals surface area contributed by atoms with Crippen molar-refractivity contribution in [2.75, 3.05) is 5.32 Å². The number of ether oxygens (including phenoxy) is 1. The molecular formula is C20H20BrNO5. The summed E-state index contributed by atoms with van der Waals surface area (Å²) in [5.74, 6) is -1.01. The van der Waals surface area contributed by atoms with Gasteiger partial charge in [0.1, 0.15) is 11.9 Å². The van der Waals surface area contributed by atoms with Gasteiger partial charge in [0.15, 0.2) is 0 Å².